The van der Waals surface area contributed by atoms with E-state index >= 15 is 0 Å². The quantitative estimate of drug-likeness (QED) is 0.773. The maximum atomic E-state index is 13.5. The van der Waals surface area contributed by atoms with E-state index in [4.69, 9.17) is 5.26 Å². The van der Waals surface area contributed by atoms with Crippen molar-refractivity contribution >= 4 is 17.8 Å². The van der Waals surface area contributed by atoms with E-state index in [9.17, 15) is 18.8 Å². The highest BCUT2D eigenvalue weighted by Crippen LogP contribution is 2.31. The summed E-state index contributed by atoms with van der Waals surface area (Å²) in [6, 6.07) is 13.9. The first-order chi connectivity index (χ1) is 14.9. The zero-order valence-electron chi connectivity index (χ0n) is 16.8. The topological polar surface area (TPSA) is 93.5 Å². The van der Waals surface area contributed by atoms with E-state index in [0.717, 1.165) is 0 Å². The van der Waals surface area contributed by atoms with Crippen molar-refractivity contribution in [3.05, 3.63) is 71.0 Å². The van der Waals surface area contributed by atoms with Gasteiger partial charge < -0.3 is 10.2 Å². The van der Waals surface area contributed by atoms with Gasteiger partial charge in [0, 0.05) is 18.7 Å². The molecule has 7 nitrogen and oxygen atoms in total. The maximum Gasteiger partial charge on any atom is 0.325 e. The zero-order chi connectivity index (χ0) is 22.0. The Morgan fingerprint density at radius 2 is 1.94 bits per heavy atom. The van der Waals surface area contributed by atoms with Gasteiger partial charge in [-0.3, -0.25) is 14.5 Å². The SMILES string of the molecule is N#Cc1cccc(CN2C(=O)NC3(CCCN(C(=O)c4cccc(F)c4)CC3)C2=O)c1. The van der Waals surface area contributed by atoms with E-state index in [1.165, 1.54) is 23.1 Å². The third-order valence-corrected chi connectivity index (χ3v) is 5.84. The average molecular weight is 420 g/mol. The molecule has 1 spiro atoms. The summed E-state index contributed by atoms with van der Waals surface area (Å²) in [6.07, 6.45) is 1.23. The number of halogens is 1. The van der Waals surface area contributed by atoms with Crippen LogP contribution in [0.15, 0.2) is 48.5 Å². The lowest BCUT2D eigenvalue weighted by Gasteiger charge is -2.25. The second kappa shape index (κ2) is 8.19. The molecule has 2 aromatic carbocycles. The summed E-state index contributed by atoms with van der Waals surface area (Å²) in [7, 11) is 0. The number of amides is 4. The van der Waals surface area contributed by atoms with Crippen LogP contribution in [0.2, 0.25) is 0 Å². The van der Waals surface area contributed by atoms with Gasteiger partial charge in [0.05, 0.1) is 18.2 Å². The summed E-state index contributed by atoms with van der Waals surface area (Å²) in [5.41, 5.74) is 0.356. The molecule has 4 amide bonds. The number of nitriles is 1. The third kappa shape index (κ3) is 3.99. The molecular formula is C23H21FN4O3. The summed E-state index contributed by atoms with van der Waals surface area (Å²) in [5, 5.41) is 11.9. The van der Waals surface area contributed by atoms with Crippen LogP contribution in [0.3, 0.4) is 0 Å². The number of imide groups is 1. The fourth-order valence-electron chi connectivity index (χ4n) is 4.22. The van der Waals surface area contributed by atoms with E-state index in [2.05, 4.69) is 5.32 Å². The molecule has 0 radical (unpaired) electrons. The molecule has 2 saturated heterocycles. The van der Waals surface area contributed by atoms with Crippen molar-refractivity contribution in [3.63, 3.8) is 0 Å². The normalized spacial score (nSPS) is 21.0. The lowest BCUT2D eigenvalue weighted by molar-refractivity contribution is -0.132. The van der Waals surface area contributed by atoms with Gasteiger partial charge in [-0.15, -0.1) is 0 Å². The lowest BCUT2D eigenvalue weighted by atomic mass is 9.90. The van der Waals surface area contributed by atoms with E-state index in [1.807, 2.05) is 6.07 Å². The zero-order valence-corrected chi connectivity index (χ0v) is 16.8. The number of hydrogen-bond donors (Lipinski definition) is 1. The van der Waals surface area contributed by atoms with Crippen LogP contribution in [0.4, 0.5) is 9.18 Å². The molecular weight excluding hydrogens is 399 g/mol. The predicted molar refractivity (Wildman–Crippen MR) is 109 cm³/mol. The number of carbonyl (C=O) groups excluding carboxylic acids is 3. The van der Waals surface area contributed by atoms with Gasteiger partial charge in [-0.1, -0.05) is 18.2 Å². The summed E-state index contributed by atoms with van der Waals surface area (Å²) < 4.78 is 13.5. The van der Waals surface area contributed by atoms with Gasteiger partial charge in [0.15, 0.2) is 0 Å². The molecule has 0 aromatic heterocycles. The van der Waals surface area contributed by atoms with Gasteiger partial charge >= 0.3 is 6.03 Å². The van der Waals surface area contributed by atoms with Crippen LogP contribution < -0.4 is 5.32 Å². The van der Waals surface area contributed by atoms with Gasteiger partial charge in [0.1, 0.15) is 11.4 Å². The van der Waals surface area contributed by atoms with Crippen LogP contribution in [0.25, 0.3) is 0 Å². The summed E-state index contributed by atoms with van der Waals surface area (Å²) in [4.78, 5) is 41.4. The Hall–Kier alpha value is -3.73. The minimum absolute atomic E-state index is 0.0773. The summed E-state index contributed by atoms with van der Waals surface area (Å²) in [6.45, 7) is 0.775. The molecule has 158 valence electrons. The van der Waals surface area contributed by atoms with Crippen LogP contribution in [0.1, 0.15) is 40.7 Å². The standard InChI is InChI=1S/C23H21FN4O3/c24-19-7-2-6-18(13-19)20(29)27-10-3-8-23(9-11-27)21(30)28(22(31)26-23)15-17-5-1-4-16(12-17)14-25/h1-2,4-7,12-13H,3,8-11,15H2,(H,26,31). The van der Waals surface area contributed by atoms with Gasteiger partial charge in [-0.25, -0.2) is 9.18 Å². The van der Waals surface area contributed by atoms with Crippen molar-refractivity contribution in [3.8, 4) is 6.07 Å². The molecule has 4 rings (SSSR count). The molecule has 0 saturated carbocycles. The minimum Gasteiger partial charge on any atom is -0.339 e. The van der Waals surface area contributed by atoms with Crippen LogP contribution in [-0.2, 0) is 11.3 Å². The third-order valence-electron chi connectivity index (χ3n) is 5.84. The van der Waals surface area contributed by atoms with E-state index in [1.54, 1.807) is 35.2 Å². The largest absolute Gasteiger partial charge is 0.339 e. The molecule has 0 aliphatic carbocycles. The Morgan fingerprint density at radius 1 is 1.13 bits per heavy atom. The Labute approximate surface area is 179 Å². The van der Waals surface area contributed by atoms with E-state index in [0.29, 0.717) is 30.5 Å². The van der Waals surface area contributed by atoms with E-state index < -0.39 is 17.4 Å². The Balaban J connectivity index is 1.48. The number of hydrogen-bond acceptors (Lipinski definition) is 4. The molecule has 8 heteroatoms. The van der Waals surface area contributed by atoms with Crippen molar-refractivity contribution in [2.24, 2.45) is 0 Å². The van der Waals surface area contributed by atoms with Crippen LogP contribution >= 0.6 is 0 Å². The van der Waals surface area contributed by atoms with Gasteiger partial charge in [0.2, 0.25) is 0 Å². The molecule has 2 heterocycles. The number of nitrogens with zero attached hydrogens (tertiary/aromatic N) is 3. The first kappa shape index (κ1) is 20.5. The molecule has 2 fully saturated rings. The van der Waals surface area contributed by atoms with Gasteiger partial charge in [-0.05, 0) is 55.2 Å². The highest BCUT2D eigenvalue weighted by Gasteiger charge is 2.51. The first-order valence-corrected chi connectivity index (χ1v) is 10.1. The summed E-state index contributed by atoms with van der Waals surface area (Å²) in [5.74, 6) is -1.09. The highest BCUT2D eigenvalue weighted by atomic mass is 19.1. The molecule has 1 unspecified atom stereocenters. The number of nitrogens with one attached hydrogen (secondary N) is 1. The van der Waals surface area contributed by atoms with Crippen LogP contribution in [0.5, 0.6) is 0 Å². The second-order valence-electron chi connectivity index (χ2n) is 7.87. The number of urea groups is 1. The average Bonchev–Trinajstić information content (AvgIpc) is 2.91. The molecule has 31 heavy (non-hydrogen) atoms. The number of likely N-dealkylation sites (tertiary alicyclic amines) is 1. The van der Waals surface area contributed by atoms with Crippen LogP contribution in [0, 0.1) is 17.1 Å². The number of carbonyl (C=O) groups is 3. The maximum absolute atomic E-state index is 13.5. The molecule has 0 bridgehead atoms. The predicted octanol–water partition coefficient (Wildman–Crippen LogP) is 2.81. The molecule has 1 N–H and O–H groups in total. The van der Waals surface area contributed by atoms with E-state index in [-0.39, 0.29) is 36.9 Å². The Bertz CT molecular complexity index is 1100. The molecule has 2 aromatic rings. The Morgan fingerprint density at radius 3 is 2.71 bits per heavy atom. The van der Waals surface area contributed by atoms with Crippen molar-refractivity contribution < 1.29 is 18.8 Å². The van der Waals surface area contributed by atoms with Crippen molar-refractivity contribution in [1.29, 1.82) is 5.26 Å². The van der Waals surface area contributed by atoms with Crippen molar-refractivity contribution in [2.45, 2.75) is 31.3 Å². The first-order valence-electron chi connectivity index (χ1n) is 10.1. The second-order valence-corrected chi connectivity index (χ2v) is 7.87. The lowest BCUT2D eigenvalue weighted by Crippen LogP contribution is -2.47. The fraction of sp³-hybridized carbons (Fsp3) is 0.304. The molecule has 1 atom stereocenters. The fourth-order valence-corrected chi connectivity index (χ4v) is 4.22. The van der Waals surface area contributed by atoms with Gasteiger partial charge in [0.25, 0.3) is 11.8 Å². The van der Waals surface area contributed by atoms with Crippen molar-refractivity contribution in [1.82, 2.24) is 15.1 Å². The number of rotatable bonds is 3. The molecule has 2 aliphatic heterocycles. The van der Waals surface area contributed by atoms with Crippen LogP contribution in [-0.4, -0.2) is 46.3 Å². The Kier molecular flexibility index (Phi) is 5.42. The van der Waals surface area contributed by atoms with Crippen molar-refractivity contribution in [2.75, 3.05) is 13.1 Å². The molecule has 2 aliphatic rings. The minimum atomic E-state index is -1.05. The van der Waals surface area contributed by atoms with Gasteiger partial charge in [-0.2, -0.15) is 5.26 Å². The number of benzene rings is 2. The monoisotopic (exact) mass is 420 g/mol. The highest BCUT2D eigenvalue weighted by molar-refractivity contribution is 6.07. The smallest absolute Gasteiger partial charge is 0.325 e. The summed E-state index contributed by atoms with van der Waals surface area (Å²) >= 11 is 0.